The van der Waals surface area contributed by atoms with Gasteiger partial charge in [-0.05, 0) is 31.4 Å². The molecule has 0 aliphatic carbocycles. The van der Waals surface area contributed by atoms with Gasteiger partial charge in [-0.25, -0.2) is 4.98 Å². The van der Waals surface area contributed by atoms with E-state index < -0.39 is 0 Å². The molecule has 1 aromatic carbocycles. The molecule has 23 heavy (non-hydrogen) atoms. The van der Waals surface area contributed by atoms with Gasteiger partial charge in [0.15, 0.2) is 5.82 Å². The van der Waals surface area contributed by atoms with Crippen LogP contribution in [-0.2, 0) is 19.4 Å². The minimum absolute atomic E-state index is 0.253. The number of fused-ring (bicyclic) bond motifs is 1. The van der Waals surface area contributed by atoms with Gasteiger partial charge < -0.3 is 9.09 Å². The van der Waals surface area contributed by atoms with Gasteiger partial charge in [-0.15, -0.1) is 0 Å². The smallest absolute Gasteiger partial charge is 0.231 e. The molecule has 0 radical (unpaired) electrons. The summed E-state index contributed by atoms with van der Waals surface area (Å²) in [6.45, 7) is 2.89. The summed E-state index contributed by atoms with van der Waals surface area (Å²) in [5, 5.41) is 4.86. The van der Waals surface area contributed by atoms with Crippen LogP contribution < -0.4 is 0 Å². The number of hydrogen-bond acceptors (Lipinski definition) is 4. The van der Waals surface area contributed by atoms with Gasteiger partial charge in [0.1, 0.15) is 5.82 Å². The quantitative estimate of drug-likeness (QED) is 0.737. The zero-order valence-corrected chi connectivity index (χ0v) is 13.6. The first-order valence-corrected chi connectivity index (χ1v) is 8.15. The zero-order valence-electron chi connectivity index (χ0n) is 12.9. The summed E-state index contributed by atoms with van der Waals surface area (Å²) >= 11 is 6.19. The third kappa shape index (κ3) is 2.77. The maximum atomic E-state index is 6.19. The van der Waals surface area contributed by atoms with Crippen LogP contribution in [0.2, 0.25) is 5.02 Å². The fourth-order valence-electron chi connectivity index (χ4n) is 3.12. The summed E-state index contributed by atoms with van der Waals surface area (Å²) in [7, 11) is 0. The van der Waals surface area contributed by atoms with Crippen LogP contribution >= 0.6 is 11.6 Å². The fraction of sp³-hybridized carbons (Fsp3) is 0.353. The van der Waals surface area contributed by atoms with Gasteiger partial charge in [0, 0.05) is 29.9 Å². The van der Waals surface area contributed by atoms with Crippen molar-refractivity contribution in [2.45, 2.75) is 38.6 Å². The van der Waals surface area contributed by atoms with Crippen molar-refractivity contribution in [3.8, 4) is 0 Å². The number of nitrogens with zero attached hydrogens (tertiary/aromatic N) is 4. The number of aromatic nitrogens is 4. The van der Waals surface area contributed by atoms with Crippen LogP contribution in [0, 0.1) is 6.92 Å². The molecule has 3 heterocycles. The molecule has 6 heteroatoms. The molecule has 1 unspecified atom stereocenters. The van der Waals surface area contributed by atoms with Crippen molar-refractivity contribution in [3.05, 3.63) is 64.3 Å². The van der Waals surface area contributed by atoms with Crippen LogP contribution in [-0.4, -0.2) is 19.7 Å². The summed E-state index contributed by atoms with van der Waals surface area (Å²) in [6, 6.07) is 7.75. The highest BCUT2D eigenvalue weighted by Gasteiger charge is 2.26. The molecule has 5 nitrogen and oxygen atoms in total. The van der Waals surface area contributed by atoms with Crippen molar-refractivity contribution >= 4 is 11.6 Å². The van der Waals surface area contributed by atoms with E-state index in [4.69, 9.17) is 16.1 Å². The van der Waals surface area contributed by atoms with Crippen molar-refractivity contribution in [3.63, 3.8) is 0 Å². The van der Waals surface area contributed by atoms with Gasteiger partial charge in [-0.1, -0.05) is 35.0 Å². The third-order valence-electron chi connectivity index (χ3n) is 4.43. The molecule has 0 bridgehead atoms. The average molecular weight is 329 g/mol. The number of imidazole rings is 1. The van der Waals surface area contributed by atoms with Gasteiger partial charge in [-0.3, -0.25) is 0 Å². The number of halogens is 1. The highest BCUT2D eigenvalue weighted by Crippen LogP contribution is 2.29. The van der Waals surface area contributed by atoms with Gasteiger partial charge in [-0.2, -0.15) is 4.98 Å². The molecule has 0 saturated carbocycles. The SMILES string of the molecule is Cc1ncc2n1CC(c1nc(Cc3ccccc3Cl)no1)CC2. The molecular formula is C17H17ClN4O. The van der Waals surface area contributed by atoms with E-state index in [2.05, 4.69) is 19.7 Å². The molecule has 1 atom stereocenters. The van der Waals surface area contributed by atoms with E-state index in [9.17, 15) is 0 Å². The third-order valence-corrected chi connectivity index (χ3v) is 4.80. The maximum absolute atomic E-state index is 6.19. The highest BCUT2D eigenvalue weighted by atomic mass is 35.5. The number of hydrogen-bond donors (Lipinski definition) is 0. The molecule has 4 rings (SSSR count). The molecule has 1 aliphatic heterocycles. The van der Waals surface area contributed by atoms with E-state index in [-0.39, 0.29) is 5.92 Å². The fourth-order valence-corrected chi connectivity index (χ4v) is 3.32. The summed E-state index contributed by atoms with van der Waals surface area (Å²) in [4.78, 5) is 8.97. The summed E-state index contributed by atoms with van der Waals surface area (Å²) in [5.41, 5.74) is 2.30. The second-order valence-electron chi connectivity index (χ2n) is 5.96. The van der Waals surface area contributed by atoms with Crippen molar-refractivity contribution in [1.29, 1.82) is 0 Å². The average Bonchev–Trinajstić information content (AvgIpc) is 3.17. The van der Waals surface area contributed by atoms with Crippen LogP contribution in [0.15, 0.2) is 35.0 Å². The topological polar surface area (TPSA) is 56.7 Å². The Balaban J connectivity index is 1.53. The van der Waals surface area contributed by atoms with Crippen molar-refractivity contribution in [1.82, 2.24) is 19.7 Å². The van der Waals surface area contributed by atoms with Gasteiger partial charge in [0.05, 0.1) is 5.92 Å². The monoisotopic (exact) mass is 328 g/mol. The molecular weight excluding hydrogens is 312 g/mol. The van der Waals surface area contributed by atoms with Gasteiger partial charge >= 0.3 is 0 Å². The molecule has 0 spiro atoms. The van der Waals surface area contributed by atoms with E-state index in [1.807, 2.05) is 37.4 Å². The molecule has 0 fully saturated rings. The molecule has 118 valence electrons. The van der Waals surface area contributed by atoms with Gasteiger partial charge in [0.25, 0.3) is 0 Å². The zero-order chi connectivity index (χ0) is 15.8. The summed E-state index contributed by atoms with van der Waals surface area (Å²) < 4.78 is 7.75. The highest BCUT2D eigenvalue weighted by molar-refractivity contribution is 6.31. The van der Waals surface area contributed by atoms with E-state index >= 15 is 0 Å². The molecule has 0 saturated heterocycles. The normalized spacial score (nSPS) is 17.2. The Morgan fingerprint density at radius 2 is 2.22 bits per heavy atom. The van der Waals surface area contributed by atoms with E-state index in [0.29, 0.717) is 18.1 Å². The Bertz CT molecular complexity index is 839. The first kappa shape index (κ1) is 14.5. The molecule has 1 aliphatic rings. The Hall–Kier alpha value is -2.14. The molecule has 3 aromatic rings. The largest absolute Gasteiger partial charge is 0.339 e. The Morgan fingerprint density at radius 1 is 1.35 bits per heavy atom. The number of benzene rings is 1. The van der Waals surface area contributed by atoms with Crippen LogP contribution in [0.25, 0.3) is 0 Å². The lowest BCUT2D eigenvalue weighted by atomic mass is 9.98. The van der Waals surface area contributed by atoms with E-state index in [1.54, 1.807) is 0 Å². The minimum Gasteiger partial charge on any atom is -0.339 e. The van der Waals surface area contributed by atoms with Crippen molar-refractivity contribution in [2.24, 2.45) is 0 Å². The number of aryl methyl sites for hydroxylation is 2. The maximum Gasteiger partial charge on any atom is 0.231 e. The first-order chi connectivity index (χ1) is 11.2. The summed E-state index contributed by atoms with van der Waals surface area (Å²) in [5.74, 6) is 2.69. The van der Waals surface area contributed by atoms with Gasteiger partial charge in [0.2, 0.25) is 5.89 Å². The van der Waals surface area contributed by atoms with Crippen LogP contribution in [0.3, 0.4) is 0 Å². The van der Waals surface area contributed by atoms with E-state index in [0.717, 1.165) is 35.8 Å². The van der Waals surface area contributed by atoms with Crippen molar-refractivity contribution < 1.29 is 4.52 Å². The number of rotatable bonds is 3. The lowest BCUT2D eigenvalue weighted by molar-refractivity contribution is 0.314. The minimum atomic E-state index is 0.253. The molecule has 0 N–H and O–H groups in total. The Morgan fingerprint density at radius 3 is 3.09 bits per heavy atom. The van der Waals surface area contributed by atoms with Crippen LogP contribution in [0.5, 0.6) is 0 Å². The summed E-state index contributed by atoms with van der Waals surface area (Å²) in [6.07, 6.45) is 4.56. The van der Waals surface area contributed by atoms with E-state index in [1.165, 1.54) is 5.69 Å². The van der Waals surface area contributed by atoms with Crippen LogP contribution in [0.4, 0.5) is 0 Å². The second kappa shape index (κ2) is 5.81. The predicted octanol–water partition coefficient (Wildman–Crippen LogP) is 3.55. The van der Waals surface area contributed by atoms with Crippen molar-refractivity contribution in [2.75, 3.05) is 0 Å². The molecule has 0 amide bonds. The molecule has 2 aromatic heterocycles. The second-order valence-corrected chi connectivity index (χ2v) is 6.37. The Kier molecular flexibility index (Phi) is 3.65. The first-order valence-electron chi connectivity index (χ1n) is 7.77. The standard InChI is InChI=1S/C17H17ClN4O/c1-11-19-9-14-7-6-13(10-22(11)14)17-20-16(21-23-17)8-12-4-2-3-5-15(12)18/h2-5,9,13H,6-8,10H2,1H3. The Labute approximate surface area is 139 Å². The lowest BCUT2D eigenvalue weighted by Crippen LogP contribution is -2.19. The predicted molar refractivity (Wildman–Crippen MR) is 86.6 cm³/mol. The lowest BCUT2D eigenvalue weighted by Gasteiger charge is -2.22. The van der Waals surface area contributed by atoms with Crippen LogP contribution in [0.1, 0.15) is 41.1 Å².